The maximum absolute atomic E-state index is 5.22. The molecule has 0 aliphatic heterocycles. The van der Waals surface area contributed by atoms with Gasteiger partial charge in [0.15, 0.2) is 0 Å². The predicted octanol–water partition coefficient (Wildman–Crippen LogP) is -4.85. The summed E-state index contributed by atoms with van der Waals surface area (Å²) in [7, 11) is 30.3. The Kier molecular flexibility index (Phi) is 19.9. The van der Waals surface area contributed by atoms with Gasteiger partial charge in [0.25, 0.3) is 0 Å². The standard InChI is InChI=1S/6ClH.3K.Ru/h6*1H;;;;/q;;;;;;3*+1;+3/p-6. The molecule has 0 N–H and O–H groups in total. The van der Waals surface area contributed by atoms with Gasteiger partial charge in [0.05, 0.1) is 0 Å². The summed E-state index contributed by atoms with van der Waals surface area (Å²) in [6.07, 6.45) is 0. The quantitative estimate of drug-likeness (QED) is 0.338. The molecular weight excluding hydrogens is 431 g/mol. The molecule has 0 amide bonds. The van der Waals surface area contributed by atoms with Gasteiger partial charge in [-0.3, -0.25) is 0 Å². The van der Waals surface area contributed by atoms with Crippen LogP contribution in [-0.2, 0) is 6.48 Å². The maximum Gasteiger partial charge on any atom is 1.00 e. The van der Waals surface area contributed by atoms with Crippen molar-refractivity contribution in [1.82, 2.24) is 0 Å². The van der Waals surface area contributed by atoms with E-state index in [0.29, 0.717) is 0 Å². The minimum atomic E-state index is -5.22. The summed E-state index contributed by atoms with van der Waals surface area (Å²) >= 11 is 0. The van der Waals surface area contributed by atoms with Crippen LogP contribution in [-0.4, -0.2) is 0 Å². The average molecular weight is 431 g/mol. The van der Waals surface area contributed by atoms with E-state index < -0.39 is 6.48 Å². The minimum absolute atomic E-state index is 0. The van der Waals surface area contributed by atoms with E-state index in [-0.39, 0.29) is 154 Å². The molecule has 10 heavy (non-hydrogen) atoms. The molecule has 0 aliphatic carbocycles. The van der Waals surface area contributed by atoms with Crippen molar-refractivity contribution in [2.75, 3.05) is 0 Å². The molecule has 0 aromatic rings. The van der Waals surface area contributed by atoms with Crippen molar-refractivity contribution < 1.29 is 161 Å². The molecule has 0 aromatic heterocycles. The molecule has 0 fully saturated rings. The monoisotopic (exact) mass is 429 g/mol. The van der Waals surface area contributed by atoms with E-state index in [4.69, 9.17) is 58.1 Å². The van der Waals surface area contributed by atoms with Gasteiger partial charge in [0, 0.05) is 0 Å². The maximum atomic E-state index is 5.04. The van der Waals surface area contributed by atoms with Crippen LogP contribution in [0.25, 0.3) is 0 Å². The van der Waals surface area contributed by atoms with Gasteiger partial charge in [-0.05, 0) is 0 Å². The zero-order valence-corrected chi connectivity index (χ0v) is 21.3. The molecule has 10 heteroatoms. The molecule has 0 saturated carbocycles. The molecule has 0 aliphatic rings. The second-order valence-electron chi connectivity index (χ2n) is 0.758. The minimum Gasteiger partial charge on any atom is 1.00 e. The van der Waals surface area contributed by atoms with Crippen molar-refractivity contribution in [3.8, 4) is 0 Å². The van der Waals surface area contributed by atoms with Gasteiger partial charge in [0.1, 0.15) is 0 Å². The fraction of sp³-hybridized carbons (Fsp3) is 0. The van der Waals surface area contributed by atoms with Crippen LogP contribution in [0.15, 0.2) is 0 Å². The molecule has 0 bridgehead atoms. The summed E-state index contributed by atoms with van der Waals surface area (Å²) in [6, 6.07) is 0. The van der Waals surface area contributed by atoms with E-state index in [2.05, 4.69) is 0 Å². The fourth-order valence-corrected chi connectivity index (χ4v) is 0. The Hall–Kier alpha value is 7.27. The zero-order valence-electron chi connectivity index (χ0n) is 5.62. The Morgan fingerprint density at radius 2 is 0.500 bits per heavy atom. The average Bonchev–Trinajstić information content (AvgIpc) is 0.592. The van der Waals surface area contributed by atoms with Crippen LogP contribution in [0.4, 0.5) is 0 Å². The first-order valence-electron chi connectivity index (χ1n) is 0.802. The predicted molar refractivity (Wildman–Crippen MR) is 35.1 cm³/mol. The van der Waals surface area contributed by atoms with Crippen LogP contribution in [0.1, 0.15) is 0 Å². The van der Waals surface area contributed by atoms with Crippen LogP contribution in [0.2, 0.25) is 0 Å². The van der Waals surface area contributed by atoms with E-state index in [1.807, 2.05) is 0 Å². The third-order valence-electron chi connectivity index (χ3n) is 0. The summed E-state index contributed by atoms with van der Waals surface area (Å²) in [4.78, 5) is 0. The SMILES string of the molecule is [Cl][Ru-3]([Cl])([Cl])([Cl])([Cl])[Cl].[K+].[K+].[K+]. The smallest absolute Gasteiger partial charge is 1.00 e. The normalized spacial score (nSPS) is 16.2. The molecule has 0 radical (unpaired) electrons. The van der Waals surface area contributed by atoms with Gasteiger partial charge in [-0.25, -0.2) is 0 Å². The molecule has 0 heterocycles. The van der Waals surface area contributed by atoms with E-state index in [1.165, 1.54) is 0 Å². The molecule has 0 saturated heterocycles. The zero-order chi connectivity index (χ0) is 6.41. The topological polar surface area (TPSA) is 0 Å². The molecule has 0 atom stereocenters. The second-order valence-corrected chi connectivity index (χ2v) is 40.3. The number of hydrogen-bond acceptors (Lipinski definition) is 0. The fourth-order valence-electron chi connectivity index (χ4n) is 0. The Bertz CT molecular complexity index is 71.6. The number of halogens is 6. The molecule has 0 aromatic carbocycles. The van der Waals surface area contributed by atoms with Crippen molar-refractivity contribution in [3.63, 3.8) is 0 Å². The second kappa shape index (κ2) is 7.65. The van der Waals surface area contributed by atoms with Crippen LogP contribution < -0.4 is 154 Å². The van der Waals surface area contributed by atoms with Crippen molar-refractivity contribution in [2.24, 2.45) is 0 Å². The first kappa shape index (κ1) is 26.0. The molecule has 0 spiro atoms. The third-order valence-corrected chi connectivity index (χ3v) is 0. The van der Waals surface area contributed by atoms with Crippen LogP contribution in [0, 0.1) is 0 Å². The van der Waals surface area contributed by atoms with Crippen molar-refractivity contribution in [1.29, 1.82) is 0 Å². The number of rotatable bonds is 0. The molecule has 0 nitrogen and oxygen atoms in total. The molecule has 0 unspecified atom stereocenters. The van der Waals surface area contributed by atoms with E-state index in [9.17, 15) is 0 Å². The van der Waals surface area contributed by atoms with Gasteiger partial charge in [-0.1, -0.05) is 0 Å². The Morgan fingerprint density at radius 1 is 0.500 bits per heavy atom. The first-order chi connectivity index (χ1) is 2.45. The van der Waals surface area contributed by atoms with E-state index in [1.54, 1.807) is 0 Å². The summed E-state index contributed by atoms with van der Waals surface area (Å²) in [5.41, 5.74) is 0. The number of hydrogen-bond donors (Lipinski definition) is 0. The van der Waals surface area contributed by atoms with Crippen LogP contribution in [0.3, 0.4) is 0 Å². The Balaban J connectivity index is -0.0000000600. The first-order valence-corrected chi connectivity index (χ1v) is 14.2. The van der Waals surface area contributed by atoms with Crippen molar-refractivity contribution >= 4 is 58.1 Å². The Morgan fingerprint density at radius 3 is 0.500 bits per heavy atom. The molecule has 53 valence electrons. The van der Waals surface area contributed by atoms with Crippen molar-refractivity contribution in [3.05, 3.63) is 0 Å². The summed E-state index contributed by atoms with van der Waals surface area (Å²) in [5, 5.41) is 0. The van der Waals surface area contributed by atoms with Gasteiger partial charge >= 0.3 is 219 Å². The van der Waals surface area contributed by atoms with E-state index >= 15 is 0 Å². The summed E-state index contributed by atoms with van der Waals surface area (Å²) in [5.74, 6) is 0. The summed E-state index contributed by atoms with van der Waals surface area (Å²) in [6.45, 7) is -5.22. The Labute approximate surface area is 211 Å². The largest absolute Gasteiger partial charge is 1.00 e. The van der Waals surface area contributed by atoms with Gasteiger partial charge in [0.2, 0.25) is 0 Å². The van der Waals surface area contributed by atoms with Crippen LogP contribution >= 0.6 is 58.1 Å². The van der Waals surface area contributed by atoms with E-state index in [0.717, 1.165) is 0 Å². The van der Waals surface area contributed by atoms with Crippen molar-refractivity contribution in [2.45, 2.75) is 0 Å². The van der Waals surface area contributed by atoms with Crippen LogP contribution in [0.5, 0.6) is 0 Å². The van der Waals surface area contributed by atoms with Gasteiger partial charge < -0.3 is 0 Å². The van der Waals surface area contributed by atoms with Gasteiger partial charge in [-0.15, -0.1) is 0 Å². The summed E-state index contributed by atoms with van der Waals surface area (Å²) < 4.78 is 0. The molecule has 0 rings (SSSR count). The third kappa shape index (κ3) is 58.8. The molecular formula is Cl6K3Ru. The van der Waals surface area contributed by atoms with Gasteiger partial charge in [-0.2, -0.15) is 0 Å².